The van der Waals surface area contributed by atoms with Crippen molar-refractivity contribution in [2.45, 2.75) is 0 Å². The van der Waals surface area contributed by atoms with Crippen LogP contribution in [0, 0.1) is 16.7 Å². The zero-order chi connectivity index (χ0) is 8.97. The fourth-order valence-electron chi connectivity index (χ4n) is 0.822. The summed E-state index contributed by atoms with van der Waals surface area (Å²) in [5.41, 5.74) is 6.30. The molecule has 0 radical (unpaired) electrons. The molecule has 0 saturated carbocycles. The van der Waals surface area contributed by atoms with Crippen LogP contribution in [0.15, 0.2) is 24.3 Å². The Kier molecular flexibility index (Phi) is 2.29. The Labute approximate surface area is 70.1 Å². The van der Waals surface area contributed by atoms with E-state index in [1.54, 1.807) is 24.3 Å². The van der Waals surface area contributed by atoms with Crippen molar-refractivity contribution in [3.8, 4) is 6.07 Å². The van der Waals surface area contributed by atoms with Crippen LogP contribution in [0.1, 0.15) is 5.56 Å². The van der Waals surface area contributed by atoms with E-state index in [-0.39, 0.29) is 5.96 Å². The van der Waals surface area contributed by atoms with Crippen LogP contribution in [0.4, 0.5) is 5.69 Å². The van der Waals surface area contributed by atoms with Gasteiger partial charge in [-0.25, -0.2) is 0 Å². The van der Waals surface area contributed by atoms with Crippen LogP contribution in [0.2, 0.25) is 0 Å². The molecule has 1 aromatic carbocycles. The molecule has 0 atom stereocenters. The molecule has 0 aromatic heterocycles. The molecular formula is C8H8N4. The van der Waals surface area contributed by atoms with Gasteiger partial charge in [-0.3, -0.25) is 5.41 Å². The second-order valence-electron chi connectivity index (χ2n) is 2.23. The van der Waals surface area contributed by atoms with Crippen LogP contribution in [-0.4, -0.2) is 5.96 Å². The summed E-state index contributed by atoms with van der Waals surface area (Å²) in [7, 11) is 0. The molecule has 0 saturated heterocycles. The van der Waals surface area contributed by atoms with Gasteiger partial charge in [-0.15, -0.1) is 0 Å². The zero-order valence-electron chi connectivity index (χ0n) is 6.33. The molecule has 0 heterocycles. The van der Waals surface area contributed by atoms with Gasteiger partial charge in [0.1, 0.15) is 0 Å². The molecule has 1 aromatic rings. The van der Waals surface area contributed by atoms with Crippen molar-refractivity contribution in [2.75, 3.05) is 5.32 Å². The molecule has 4 N–H and O–H groups in total. The predicted molar refractivity (Wildman–Crippen MR) is 46.7 cm³/mol. The number of nitriles is 1. The summed E-state index contributed by atoms with van der Waals surface area (Å²) < 4.78 is 0. The van der Waals surface area contributed by atoms with Crippen molar-refractivity contribution in [2.24, 2.45) is 5.73 Å². The van der Waals surface area contributed by atoms with E-state index in [4.69, 9.17) is 16.4 Å². The third-order valence-corrected chi connectivity index (χ3v) is 1.27. The van der Waals surface area contributed by atoms with Crippen molar-refractivity contribution in [3.05, 3.63) is 29.8 Å². The predicted octanol–water partition coefficient (Wildman–Crippen LogP) is 0.864. The maximum atomic E-state index is 8.53. The molecule has 0 amide bonds. The molecule has 4 heteroatoms. The number of nitrogens with two attached hydrogens (primary N) is 1. The van der Waals surface area contributed by atoms with E-state index in [9.17, 15) is 0 Å². The molecule has 0 aliphatic heterocycles. The number of hydrogen-bond donors (Lipinski definition) is 3. The van der Waals surface area contributed by atoms with Crippen molar-refractivity contribution in [1.29, 1.82) is 10.7 Å². The van der Waals surface area contributed by atoms with E-state index >= 15 is 0 Å². The van der Waals surface area contributed by atoms with E-state index in [1.165, 1.54) is 0 Å². The average Bonchev–Trinajstić information content (AvgIpc) is 2.03. The molecule has 0 aliphatic rings. The SMILES string of the molecule is N#Cc1cccc(NC(=N)N)c1. The first-order chi connectivity index (χ1) is 5.72. The van der Waals surface area contributed by atoms with Crippen molar-refractivity contribution in [3.63, 3.8) is 0 Å². The minimum absolute atomic E-state index is 0.134. The number of benzene rings is 1. The standard InChI is InChI=1S/C8H8N4/c9-5-6-2-1-3-7(4-6)12-8(10)11/h1-4H,(H4,10,11,12). The summed E-state index contributed by atoms with van der Waals surface area (Å²) >= 11 is 0. The molecule has 0 fully saturated rings. The molecule has 4 nitrogen and oxygen atoms in total. The third-order valence-electron chi connectivity index (χ3n) is 1.27. The van der Waals surface area contributed by atoms with Crippen LogP contribution in [0.25, 0.3) is 0 Å². The Balaban J connectivity index is 2.88. The summed E-state index contributed by atoms with van der Waals surface area (Å²) in [6.45, 7) is 0. The highest BCUT2D eigenvalue weighted by Gasteiger charge is 1.94. The molecule has 0 unspecified atom stereocenters. The van der Waals surface area contributed by atoms with Crippen molar-refractivity contribution in [1.82, 2.24) is 0 Å². The fourth-order valence-corrected chi connectivity index (χ4v) is 0.822. The number of nitrogens with one attached hydrogen (secondary N) is 2. The summed E-state index contributed by atoms with van der Waals surface area (Å²) in [6.07, 6.45) is 0. The van der Waals surface area contributed by atoms with E-state index < -0.39 is 0 Å². The second-order valence-corrected chi connectivity index (χ2v) is 2.23. The van der Waals surface area contributed by atoms with Gasteiger partial charge in [-0.1, -0.05) is 6.07 Å². The first-order valence-electron chi connectivity index (χ1n) is 3.33. The fraction of sp³-hybridized carbons (Fsp3) is 0. The lowest BCUT2D eigenvalue weighted by atomic mass is 10.2. The van der Waals surface area contributed by atoms with Gasteiger partial charge in [0.2, 0.25) is 0 Å². The number of anilines is 1. The summed E-state index contributed by atoms with van der Waals surface area (Å²) in [4.78, 5) is 0. The van der Waals surface area contributed by atoms with Gasteiger partial charge in [0.15, 0.2) is 5.96 Å². The Hall–Kier alpha value is -2.02. The highest BCUT2D eigenvalue weighted by atomic mass is 15.0. The highest BCUT2D eigenvalue weighted by Crippen LogP contribution is 2.08. The lowest BCUT2D eigenvalue weighted by Crippen LogP contribution is -2.20. The van der Waals surface area contributed by atoms with Crippen LogP contribution in [-0.2, 0) is 0 Å². The Morgan fingerprint density at radius 3 is 2.92 bits per heavy atom. The van der Waals surface area contributed by atoms with Gasteiger partial charge in [-0.2, -0.15) is 5.26 Å². The van der Waals surface area contributed by atoms with Gasteiger partial charge < -0.3 is 11.1 Å². The quantitative estimate of drug-likeness (QED) is 0.420. The van der Waals surface area contributed by atoms with Crippen molar-refractivity contribution >= 4 is 11.6 Å². The smallest absolute Gasteiger partial charge is 0.190 e. The van der Waals surface area contributed by atoms with Crippen LogP contribution < -0.4 is 11.1 Å². The monoisotopic (exact) mass is 160 g/mol. The largest absolute Gasteiger partial charge is 0.370 e. The normalized spacial score (nSPS) is 8.58. The third kappa shape index (κ3) is 1.99. The topological polar surface area (TPSA) is 85.7 Å². The first kappa shape index (κ1) is 8.08. The van der Waals surface area contributed by atoms with Crippen LogP contribution in [0.5, 0.6) is 0 Å². The maximum Gasteiger partial charge on any atom is 0.190 e. The summed E-state index contributed by atoms with van der Waals surface area (Å²) in [5, 5.41) is 18.1. The highest BCUT2D eigenvalue weighted by molar-refractivity contribution is 5.89. The van der Waals surface area contributed by atoms with Crippen LogP contribution >= 0.6 is 0 Å². The molecule has 0 aliphatic carbocycles. The van der Waals surface area contributed by atoms with Gasteiger partial charge in [-0.05, 0) is 18.2 Å². The van der Waals surface area contributed by atoms with Gasteiger partial charge >= 0.3 is 0 Å². The summed E-state index contributed by atoms with van der Waals surface area (Å²) in [5.74, 6) is -0.134. The van der Waals surface area contributed by atoms with E-state index in [2.05, 4.69) is 5.32 Å². The number of rotatable bonds is 1. The molecule has 12 heavy (non-hydrogen) atoms. The van der Waals surface area contributed by atoms with Gasteiger partial charge in [0.05, 0.1) is 11.6 Å². The minimum atomic E-state index is -0.134. The number of guanidine groups is 1. The molecular weight excluding hydrogens is 152 g/mol. The Bertz CT molecular complexity index is 337. The molecule has 1 rings (SSSR count). The molecule has 0 bridgehead atoms. The number of hydrogen-bond acceptors (Lipinski definition) is 2. The van der Waals surface area contributed by atoms with E-state index in [0.29, 0.717) is 11.3 Å². The van der Waals surface area contributed by atoms with Gasteiger partial charge in [0.25, 0.3) is 0 Å². The van der Waals surface area contributed by atoms with E-state index in [1.807, 2.05) is 6.07 Å². The van der Waals surface area contributed by atoms with Crippen molar-refractivity contribution < 1.29 is 0 Å². The van der Waals surface area contributed by atoms with E-state index in [0.717, 1.165) is 0 Å². The first-order valence-corrected chi connectivity index (χ1v) is 3.33. The Morgan fingerprint density at radius 1 is 1.58 bits per heavy atom. The lowest BCUT2D eigenvalue weighted by molar-refractivity contribution is 1.40. The van der Waals surface area contributed by atoms with Gasteiger partial charge in [0, 0.05) is 5.69 Å². The maximum absolute atomic E-state index is 8.53. The lowest BCUT2D eigenvalue weighted by Gasteiger charge is -2.02. The molecule has 0 spiro atoms. The van der Waals surface area contributed by atoms with Crippen LogP contribution in [0.3, 0.4) is 0 Å². The second kappa shape index (κ2) is 3.39. The molecule has 60 valence electrons. The Morgan fingerprint density at radius 2 is 2.33 bits per heavy atom. The summed E-state index contributed by atoms with van der Waals surface area (Å²) in [6, 6.07) is 8.77. The average molecular weight is 160 g/mol. The number of nitrogens with zero attached hydrogens (tertiary/aromatic N) is 1. The minimum Gasteiger partial charge on any atom is -0.370 e. The zero-order valence-corrected chi connectivity index (χ0v) is 6.33.